The molecule has 0 spiro atoms. The van der Waals surface area contributed by atoms with Crippen molar-refractivity contribution in [3.05, 3.63) is 47.5 Å². The number of hydrogen-bond acceptors (Lipinski definition) is 3. The number of fused-ring (bicyclic) bond motifs is 1. The molecule has 3 amide bonds. The molecule has 0 atom stereocenters. The van der Waals surface area contributed by atoms with Gasteiger partial charge >= 0.3 is 0 Å². The van der Waals surface area contributed by atoms with E-state index in [1.807, 2.05) is 4.90 Å². The van der Waals surface area contributed by atoms with Gasteiger partial charge in [0.25, 0.3) is 17.7 Å². The number of hydrogen-bond donors (Lipinski definition) is 0. The highest BCUT2D eigenvalue weighted by molar-refractivity contribution is 6.22. The van der Waals surface area contributed by atoms with E-state index in [0.29, 0.717) is 16.7 Å². The fourth-order valence-electron chi connectivity index (χ4n) is 3.00. The summed E-state index contributed by atoms with van der Waals surface area (Å²) in [7, 11) is 0. The number of rotatable bonds is 3. The Morgan fingerprint density at radius 2 is 1.77 bits per heavy atom. The molecule has 0 aromatic heterocycles. The zero-order chi connectivity index (χ0) is 15.7. The Kier molecular flexibility index (Phi) is 3.79. The number of piperidine rings is 1. The van der Waals surface area contributed by atoms with Crippen LogP contribution in [0.4, 0.5) is 0 Å². The molecule has 2 aliphatic rings. The highest BCUT2D eigenvalue weighted by Gasteiger charge is 2.35. The predicted octanol–water partition coefficient (Wildman–Crippen LogP) is 2.09. The number of benzene rings is 1. The van der Waals surface area contributed by atoms with Crippen LogP contribution in [0.5, 0.6) is 0 Å². The molecular weight excluding hydrogens is 280 g/mol. The second-order valence-electron chi connectivity index (χ2n) is 5.62. The van der Waals surface area contributed by atoms with Crippen molar-refractivity contribution in [3.8, 4) is 0 Å². The summed E-state index contributed by atoms with van der Waals surface area (Å²) in [5.74, 6) is -0.741. The molecule has 2 aliphatic heterocycles. The fourth-order valence-corrected chi connectivity index (χ4v) is 3.00. The topological polar surface area (TPSA) is 57.7 Å². The van der Waals surface area contributed by atoms with Crippen LogP contribution in [-0.4, -0.2) is 47.2 Å². The molecular formula is C17H18N2O3. The molecule has 1 aromatic rings. The van der Waals surface area contributed by atoms with Gasteiger partial charge in [0.15, 0.2) is 0 Å². The standard InChI is InChI=1S/C17H18N2O3/c1-2-8-19-16(21)13-7-6-12(11-14(13)17(19)22)15(20)18-9-4-3-5-10-18/h2,6-7,11H,1,3-5,8-10H2. The molecule has 1 fully saturated rings. The largest absolute Gasteiger partial charge is 0.339 e. The van der Waals surface area contributed by atoms with Crippen molar-refractivity contribution in [2.24, 2.45) is 0 Å². The maximum absolute atomic E-state index is 12.5. The van der Waals surface area contributed by atoms with Gasteiger partial charge in [0.2, 0.25) is 0 Å². The van der Waals surface area contributed by atoms with Crippen LogP contribution in [0.2, 0.25) is 0 Å². The number of imide groups is 1. The smallest absolute Gasteiger partial charge is 0.261 e. The number of likely N-dealkylation sites (tertiary alicyclic amines) is 1. The van der Waals surface area contributed by atoms with Gasteiger partial charge in [0.05, 0.1) is 11.1 Å². The molecule has 0 bridgehead atoms. The van der Waals surface area contributed by atoms with Gasteiger partial charge in [-0.1, -0.05) is 6.08 Å². The van der Waals surface area contributed by atoms with Crippen LogP contribution in [0.3, 0.4) is 0 Å². The fraction of sp³-hybridized carbons (Fsp3) is 0.353. The molecule has 5 nitrogen and oxygen atoms in total. The summed E-state index contributed by atoms with van der Waals surface area (Å²) in [6, 6.07) is 4.77. The van der Waals surface area contributed by atoms with E-state index < -0.39 is 0 Å². The highest BCUT2D eigenvalue weighted by Crippen LogP contribution is 2.25. The Labute approximate surface area is 129 Å². The first-order valence-electron chi connectivity index (χ1n) is 7.54. The van der Waals surface area contributed by atoms with E-state index in [-0.39, 0.29) is 24.3 Å². The van der Waals surface area contributed by atoms with Crippen molar-refractivity contribution >= 4 is 17.7 Å². The van der Waals surface area contributed by atoms with E-state index in [0.717, 1.165) is 37.3 Å². The first kappa shape index (κ1) is 14.5. The maximum atomic E-state index is 12.5. The van der Waals surface area contributed by atoms with Crippen molar-refractivity contribution in [2.75, 3.05) is 19.6 Å². The third-order valence-corrected chi connectivity index (χ3v) is 4.17. The number of carbonyl (C=O) groups is 3. The van der Waals surface area contributed by atoms with Gasteiger partial charge in [-0.25, -0.2) is 0 Å². The summed E-state index contributed by atoms with van der Waals surface area (Å²) in [4.78, 5) is 39.9. The van der Waals surface area contributed by atoms with Crippen LogP contribution in [0.25, 0.3) is 0 Å². The Morgan fingerprint density at radius 1 is 1.09 bits per heavy atom. The first-order chi connectivity index (χ1) is 10.6. The monoisotopic (exact) mass is 298 g/mol. The van der Waals surface area contributed by atoms with E-state index in [2.05, 4.69) is 6.58 Å². The Balaban J connectivity index is 1.89. The van der Waals surface area contributed by atoms with Crippen molar-refractivity contribution in [1.29, 1.82) is 0 Å². The van der Waals surface area contributed by atoms with Crippen molar-refractivity contribution < 1.29 is 14.4 Å². The summed E-state index contributed by atoms with van der Waals surface area (Å²) >= 11 is 0. The van der Waals surface area contributed by atoms with Crippen LogP contribution in [-0.2, 0) is 0 Å². The molecule has 0 unspecified atom stereocenters. The van der Waals surface area contributed by atoms with E-state index >= 15 is 0 Å². The summed E-state index contributed by atoms with van der Waals surface area (Å²) in [6.45, 7) is 5.25. The lowest BCUT2D eigenvalue weighted by atomic mass is 10.0. The summed E-state index contributed by atoms with van der Waals surface area (Å²) in [6.07, 6.45) is 4.70. The normalized spacial score (nSPS) is 17.6. The second kappa shape index (κ2) is 5.75. The van der Waals surface area contributed by atoms with Crippen molar-refractivity contribution in [3.63, 3.8) is 0 Å². The van der Waals surface area contributed by atoms with Crippen LogP contribution in [0.15, 0.2) is 30.9 Å². The van der Waals surface area contributed by atoms with Crippen LogP contribution >= 0.6 is 0 Å². The summed E-state index contributed by atoms with van der Waals surface area (Å²) in [5.41, 5.74) is 1.15. The molecule has 3 rings (SSSR count). The number of nitrogens with zero attached hydrogens (tertiary/aromatic N) is 2. The zero-order valence-corrected chi connectivity index (χ0v) is 12.4. The highest BCUT2D eigenvalue weighted by atomic mass is 16.2. The Morgan fingerprint density at radius 3 is 2.45 bits per heavy atom. The summed E-state index contributed by atoms with van der Waals surface area (Å²) < 4.78 is 0. The van der Waals surface area contributed by atoms with Crippen molar-refractivity contribution in [1.82, 2.24) is 9.80 Å². The number of carbonyl (C=O) groups excluding carboxylic acids is 3. The first-order valence-corrected chi connectivity index (χ1v) is 7.54. The molecule has 2 heterocycles. The molecule has 22 heavy (non-hydrogen) atoms. The third-order valence-electron chi connectivity index (χ3n) is 4.17. The molecule has 1 saturated heterocycles. The van der Waals surface area contributed by atoms with Crippen LogP contribution < -0.4 is 0 Å². The lowest BCUT2D eigenvalue weighted by Gasteiger charge is -2.26. The molecule has 1 aromatic carbocycles. The minimum Gasteiger partial charge on any atom is -0.339 e. The Hall–Kier alpha value is -2.43. The van der Waals surface area contributed by atoms with Gasteiger partial charge in [-0.15, -0.1) is 6.58 Å². The van der Waals surface area contributed by atoms with Crippen LogP contribution in [0, 0.1) is 0 Å². The minimum atomic E-state index is -0.354. The van der Waals surface area contributed by atoms with Crippen LogP contribution in [0.1, 0.15) is 50.3 Å². The van der Waals surface area contributed by atoms with E-state index in [1.165, 1.54) is 6.08 Å². The van der Waals surface area contributed by atoms with Gasteiger partial charge in [-0.2, -0.15) is 0 Å². The second-order valence-corrected chi connectivity index (χ2v) is 5.62. The van der Waals surface area contributed by atoms with Gasteiger partial charge in [0, 0.05) is 25.2 Å². The minimum absolute atomic E-state index is 0.0649. The third kappa shape index (κ3) is 2.32. The average Bonchev–Trinajstić information content (AvgIpc) is 2.80. The molecule has 114 valence electrons. The Bertz CT molecular complexity index is 660. The average molecular weight is 298 g/mol. The summed E-state index contributed by atoms with van der Waals surface area (Å²) in [5, 5.41) is 0. The molecule has 0 N–H and O–H groups in total. The van der Waals surface area contributed by atoms with Gasteiger partial charge in [-0.05, 0) is 37.5 Å². The van der Waals surface area contributed by atoms with E-state index in [9.17, 15) is 14.4 Å². The quantitative estimate of drug-likeness (QED) is 0.634. The zero-order valence-electron chi connectivity index (χ0n) is 12.4. The van der Waals surface area contributed by atoms with Gasteiger partial charge in [0.1, 0.15) is 0 Å². The van der Waals surface area contributed by atoms with E-state index in [4.69, 9.17) is 0 Å². The van der Waals surface area contributed by atoms with E-state index in [1.54, 1.807) is 18.2 Å². The molecule has 0 aliphatic carbocycles. The molecule has 0 radical (unpaired) electrons. The molecule has 0 saturated carbocycles. The number of amides is 3. The predicted molar refractivity (Wildman–Crippen MR) is 81.8 cm³/mol. The maximum Gasteiger partial charge on any atom is 0.261 e. The van der Waals surface area contributed by atoms with Gasteiger partial charge < -0.3 is 4.90 Å². The SMILES string of the molecule is C=CCN1C(=O)c2ccc(C(=O)N3CCCCC3)cc2C1=O. The van der Waals surface area contributed by atoms with Gasteiger partial charge in [-0.3, -0.25) is 19.3 Å². The van der Waals surface area contributed by atoms with Crippen molar-refractivity contribution in [2.45, 2.75) is 19.3 Å². The lowest BCUT2D eigenvalue weighted by molar-refractivity contribution is 0.0671. The lowest BCUT2D eigenvalue weighted by Crippen LogP contribution is -2.35. The molecule has 5 heteroatoms.